The summed E-state index contributed by atoms with van der Waals surface area (Å²) in [6.07, 6.45) is 1.69. The lowest BCUT2D eigenvalue weighted by Gasteiger charge is -2.11. The van der Waals surface area contributed by atoms with Crippen LogP contribution >= 0.6 is 15.9 Å². The summed E-state index contributed by atoms with van der Waals surface area (Å²) in [6.45, 7) is 1.88. The van der Waals surface area contributed by atoms with Crippen molar-refractivity contribution in [2.24, 2.45) is 12.8 Å². The first kappa shape index (κ1) is 13.3. The third kappa shape index (κ3) is 1.96. The quantitative estimate of drug-likeness (QED) is 0.779. The van der Waals surface area contributed by atoms with Gasteiger partial charge in [0.1, 0.15) is 23.2 Å². The molecule has 0 amide bonds. The van der Waals surface area contributed by atoms with Crippen molar-refractivity contribution in [2.45, 2.75) is 13.0 Å². The van der Waals surface area contributed by atoms with E-state index in [2.05, 4.69) is 21.0 Å². The maximum Gasteiger partial charge on any atom is 0.134 e. The van der Waals surface area contributed by atoms with Gasteiger partial charge in [-0.05, 0) is 41.1 Å². The van der Waals surface area contributed by atoms with Gasteiger partial charge in [-0.2, -0.15) is 5.10 Å². The van der Waals surface area contributed by atoms with Crippen molar-refractivity contribution in [3.05, 3.63) is 51.7 Å². The van der Waals surface area contributed by atoms with Crippen LogP contribution in [0.1, 0.15) is 23.1 Å². The van der Waals surface area contributed by atoms with Gasteiger partial charge in [0.2, 0.25) is 0 Å². The van der Waals surface area contributed by atoms with E-state index in [0.717, 1.165) is 21.1 Å². The first-order chi connectivity index (χ1) is 9.49. The predicted octanol–water partition coefficient (Wildman–Crippen LogP) is 3.42. The zero-order valence-electron chi connectivity index (χ0n) is 11.0. The summed E-state index contributed by atoms with van der Waals surface area (Å²) < 4.78 is 21.6. The van der Waals surface area contributed by atoms with Crippen molar-refractivity contribution < 1.29 is 8.81 Å². The largest absolute Gasteiger partial charge is 0.459 e. The van der Waals surface area contributed by atoms with E-state index < -0.39 is 6.04 Å². The van der Waals surface area contributed by atoms with E-state index in [1.165, 1.54) is 12.1 Å². The van der Waals surface area contributed by atoms with Gasteiger partial charge in [0.05, 0.1) is 16.4 Å². The molecule has 0 radical (unpaired) electrons. The number of benzene rings is 1. The maximum atomic E-state index is 13.3. The van der Waals surface area contributed by atoms with E-state index >= 15 is 0 Å². The summed E-state index contributed by atoms with van der Waals surface area (Å²) in [5.74, 6) is 0.332. The van der Waals surface area contributed by atoms with Gasteiger partial charge in [-0.25, -0.2) is 4.39 Å². The van der Waals surface area contributed by atoms with E-state index in [9.17, 15) is 4.39 Å². The second kappa shape index (κ2) is 4.71. The van der Waals surface area contributed by atoms with Crippen LogP contribution in [0.25, 0.3) is 11.0 Å². The Morgan fingerprint density at radius 2 is 2.20 bits per heavy atom. The first-order valence-corrected chi connectivity index (χ1v) is 6.90. The molecule has 3 rings (SSSR count). The third-order valence-corrected chi connectivity index (χ3v) is 4.06. The smallest absolute Gasteiger partial charge is 0.134 e. The van der Waals surface area contributed by atoms with E-state index in [0.29, 0.717) is 11.3 Å². The molecule has 104 valence electrons. The number of halogens is 2. The van der Waals surface area contributed by atoms with Gasteiger partial charge in [0.15, 0.2) is 0 Å². The summed E-state index contributed by atoms with van der Waals surface area (Å²) in [5, 5.41) is 4.89. The third-order valence-electron chi connectivity index (χ3n) is 3.45. The number of furan rings is 1. The van der Waals surface area contributed by atoms with E-state index in [1.807, 2.05) is 14.0 Å². The average Bonchev–Trinajstić information content (AvgIpc) is 2.91. The van der Waals surface area contributed by atoms with Gasteiger partial charge in [-0.15, -0.1) is 0 Å². The van der Waals surface area contributed by atoms with Crippen molar-refractivity contribution in [1.29, 1.82) is 0 Å². The minimum absolute atomic E-state index is 0.289. The minimum atomic E-state index is -0.465. The number of hydrogen-bond donors (Lipinski definition) is 1. The van der Waals surface area contributed by atoms with E-state index in [-0.39, 0.29) is 5.82 Å². The molecule has 20 heavy (non-hydrogen) atoms. The molecule has 3 aromatic rings. The lowest BCUT2D eigenvalue weighted by molar-refractivity contribution is 0.504. The average molecular weight is 338 g/mol. The van der Waals surface area contributed by atoms with E-state index in [4.69, 9.17) is 10.2 Å². The zero-order chi connectivity index (χ0) is 14.4. The molecule has 0 bridgehead atoms. The Kier molecular flexibility index (Phi) is 3.14. The number of nitrogens with two attached hydrogens (primary N) is 1. The summed E-state index contributed by atoms with van der Waals surface area (Å²) in [4.78, 5) is 0. The normalized spacial score (nSPS) is 13.1. The van der Waals surface area contributed by atoms with Gasteiger partial charge in [-0.3, -0.25) is 4.68 Å². The molecule has 0 aliphatic carbocycles. The van der Waals surface area contributed by atoms with Crippen LogP contribution in [0.15, 0.2) is 33.3 Å². The molecule has 0 aliphatic rings. The van der Waals surface area contributed by atoms with Crippen LogP contribution in [-0.2, 0) is 7.05 Å². The SMILES string of the molecule is Cc1c(C(N)c2c(Br)cnn2C)oc2ccc(F)cc12. The lowest BCUT2D eigenvalue weighted by atomic mass is 10.1. The molecule has 0 fully saturated rings. The number of nitrogens with zero attached hydrogens (tertiary/aromatic N) is 2. The van der Waals surface area contributed by atoms with Crippen LogP contribution < -0.4 is 5.73 Å². The Bertz CT molecular complexity index is 774. The van der Waals surface area contributed by atoms with Crippen molar-refractivity contribution in [3.8, 4) is 0 Å². The molecule has 1 atom stereocenters. The first-order valence-electron chi connectivity index (χ1n) is 6.10. The standard InChI is InChI=1S/C14H13BrFN3O/c1-7-9-5-8(16)3-4-11(9)20-14(7)12(17)13-10(15)6-18-19(13)2/h3-6,12H,17H2,1-2H3. The van der Waals surface area contributed by atoms with Gasteiger partial charge >= 0.3 is 0 Å². The summed E-state index contributed by atoms with van der Waals surface area (Å²) in [5.41, 5.74) is 8.58. The topological polar surface area (TPSA) is 57.0 Å². The number of aryl methyl sites for hydroxylation is 2. The van der Waals surface area contributed by atoms with Crippen molar-refractivity contribution >= 4 is 26.9 Å². The van der Waals surface area contributed by atoms with Crippen molar-refractivity contribution in [2.75, 3.05) is 0 Å². The Labute approximate surface area is 123 Å². The van der Waals surface area contributed by atoms with Gasteiger partial charge in [0.25, 0.3) is 0 Å². The molecule has 1 unspecified atom stereocenters. The summed E-state index contributed by atoms with van der Waals surface area (Å²) in [7, 11) is 1.82. The highest BCUT2D eigenvalue weighted by atomic mass is 79.9. The monoisotopic (exact) mass is 337 g/mol. The highest BCUT2D eigenvalue weighted by molar-refractivity contribution is 9.10. The molecule has 4 nitrogen and oxygen atoms in total. The Balaban J connectivity index is 2.17. The molecular formula is C14H13BrFN3O. The molecule has 2 aromatic heterocycles. The lowest BCUT2D eigenvalue weighted by Crippen LogP contribution is -2.16. The molecule has 1 aromatic carbocycles. The van der Waals surface area contributed by atoms with E-state index in [1.54, 1.807) is 16.9 Å². The van der Waals surface area contributed by atoms with Gasteiger partial charge in [-0.1, -0.05) is 0 Å². The second-order valence-electron chi connectivity index (χ2n) is 4.71. The summed E-state index contributed by atoms with van der Waals surface area (Å²) in [6, 6.07) is 3.99. The van der Waals surface area contributed by atoms with Crippen LogP contribution in [0.4, 0.5) is 4.39 Å². The fourth-order valence-electron chi connectivity index (χ4n) is 2.40. The number of rotatable bonds is 2. The fourth-order valence-corrected chi connectivity index (χ4v) is 3.00. The highest BCUT2D eigenvalue weighted by Crippen LogP contribution is 2.34. The zero-order valence-corrected chi connectivity index (χ0v) is 12.6. The summed E-state index contributed by atoms with van der Waals surface area (Å²) >= 11 is 3.43. The van der Waals surface area contributed by atoms with Gasteiger partial charge < -0.3 is 10.2 Å². The molecule has 6 heteroatoms. The molecule has 0 aliphatic heterocycles. The van der Waals surface area contributed by atoms with Crippen molar-refractivity contribution in [1.82, 2.24) is 9.78 Å². The van der Waals surface area contributed by atoms with Gasteiger partial charge in [0, 0.05) is 18.0 Å². The Morgan fingerprint density at radius 3 is 2.85 bits per heavy atom. The highest BCUT2D eigenvalue weighted by Gasteiger charge is 2.23. The maximum absolute atomic E-state index is 13.3. The molecular weight excluding hydrogens is 325 g/mol. The Morgan fingerprint density at radius 1 is 1.45 bits per heavy atom. The molecule has 2 heterocycles. The van der Waals surface area contributed by atoms with Crippen LogP contribution in [0, 0.1) is 12.7 Å². The second-order valence-corrected chi connectivity index (χ2v) is 5.57. The van der Waals surface area contributed by atoms with Crippen LogP contribution in [-0.4, -0.2) is 9.78 Å². The molecule has 0 saturated carbocycles. The predicted molar refractivity (Wildman–Crippen MR) is 77.8 cm³/mol. The fraction of sp³-hybridized carbons (Fsp3) is 0.214. The molecule has 0 spiro atoms. The molecule has 2 N–H and O–H groups in total. The van der Waals surface area contributed by atoms with Crippen molar-refractivity contribution in [3.63, 3.8) is 0 Å². The number of fused-ring (bicyclic) bond motifs is 1. The van der Waals surface area contributed by atoms with Crippen LogP contribution in [0.5, 0.6) is 0 Å². The Hall–Kier alpha value is -1.66. The number of hydrogen-bond acceptors (Lipinski definition) is 3. The minimum Gasteiger partial charge on any atom is -0.459 e. The number of aromatic nitrogens is 2. The van der Waals surface area contributed by atoms with Crippen LogP contribution in [0.3, 0.4) is 0 Å². The molecule has 0 saturated heterocycles. The van der Waals surface area contributed by atoms with Crippen LogP contribution in [0.2, 0.25) is 0 Å².